The summed E-state index contributed by atoms with van der Waals surface area (Å²) in [5.74, 6) is 0. The van der Waals surface area contributed by atoms with Gasteiger partial charge in [0.15, 0.2) is 0 Å². The molecule has 1 heterocycles. The van der Waals surface area contributed by atoms with Gasteiger partial charge in [-0.15, -0.1) is 0 Å². The third kappa shape index (κ3) is 5.58. The van der Waals surface area contributed by atoms with Gasteiger partial charge in [0.2, 0.25) is 0 Å². The molecule has 0 fully saturated rings. The van der Waals surface area contributed by atoms with Crippen LogP contribution in [0.25, 0.3) is 0 Å². The normalized spacial score (nSPS) is 12.1. The Balaban J connectivity index is 3.07. The van der Waals surface area contributed by atoms with Crippen molar-refractivity contribution in [2.75, 3.05) is 0 Å². The minimum atomic E-state index is -2.20. The molecule has 0 radical (unpaired) electrons. The van der Waals surface area contributed by atoms with Gasteiger partial charge in [0.1, 0.15) is 0 Å². The van der Waals surface area contributed by atoms with Crippen molar-refractivity contribution in [2.24, 2.45) is 0 Å². The van der Waals surface area contributed by atoms with E-state index in [-0.39, 0.29) is 0 Å². The van der Waals surface area contributed by atoms with Crippen molar-refractivity contribution in [3.8, 4) is 0 Å². The van der Waals surface area contributed by atoms with Crippen molar-refractivity contribution in [3.05, 3.63) is 14.3 Å². The van der Waals surface area contributed by atoms with E-state index < -0.39 is 18.4 Å². The van der Waals surface area contributed by atoms with E-state index >= 15 is 0 Å². The maximum atomic E-state index is 3.86. The second-order valence-electron chi connectivity index (χ2n) is 5.82. The molecule has 0 atom stereocenters. The standard InChI is InChI=1S/C4HBr2S.3C4H9.Sn/c5-3-1-4(6)7-2-3;3*1-3-4-2;/h1H;3*1,3-4H2,2H3;. The fourth-order valence-corrected chi connectivity index (χ4v) is 28.9. The Labute approximate surface area is 150 Å². The zero-order valence-electron chi connectivity index (χ0n) is 13.1. The van der Waals surface area contributed by atoms with Gasteiger partial charge in [-0.25, -0.2) is 0 Å². The van der Waals surface area contributed by atoms with Crippen molar-refractivity contribution in [1.29, 1.82) is 0 Å². The average Bonchev–Trinajstić information content (AvgIpc) is 2.78. The molecule has 0 amide bonds. The van der Waals surface area contributed by atoms with E-state index in [1.165, 1.54) is 46.8 Å². The second kappa shape index (κ2) is 10.3. The van der Waals surface area contributed by atoms with Gasteiger partial charge in [0.25, 0.3) is 0 Å². The van der Waals surface area contributed by atoms with Crippen molar-refractivity contribution in [3.63, 3.8) is 0 Å². The molecule has 0 aliphatic heterocycles. The summed E-state index contributed by atoms with van der Waals surface area (Å²) in [6.07, 6.45) is 8.35. The SMILES string of the molecule is CCC[CH2][Sn]([CH2]CCC)([CH2]CCC)[c]1sc(Br)cc1Br. The molecule has 1 rings (SSSR count). The van der Waals surface area contributed by atoms with E-state index in [0.29, 0.717) is 0 Å². The molecule has 0 spiro atoms. The van der Waals surface area contributed by atoms with E-state index in [1.54, 1.807) is 16.2 Å². The second-order valence-corrected chi connectivity index (χ2v) is 23.2. The number of unbranched alkanes of at least 4 members (excludes halogenated alkanes) is 3. The maximum absolute atomic E-state index is 3.86. The van der Waals surface area contributed by atoms with Gasteiger partial charge >= 0.3 is 151 Å². The van der Waals surface area contributed by atoms with Crippen LogP contribution in [0.15, 0.2) is 14.3 Å². The first-order valence-corrected chi connectivity index (χ1v) is 17.9. The summed E-state index contributed by atoms with van der Waals surface area (Å²) in [6, 6.07) is 2.29. The topological polar surface area (TPSA) is 0 Å². The zero-order chi connectivity index (χ0) is 15.0. The van der Waals surface area contributed by atoms with E-state index in [4.69, 9.17) is 0 Å². The molecule has 0 nitrogen and oxygen atoms in total. The molecule has 1 aromatic heterocycles. The average molecular weight is 531 g/mol. The van der Waals surface area contributed by atoms with Crippen LogP contribution < -0.4 is 2.89 Å². The van der Waals surface area contributed by atoms with Gasteiger partial charge in [-0.1, -0.05) is 0 Å². The Morgan fingerprint density at radius 1 is 0.900 bits per heavy atom. The summed E-state index contributed by atoms with van der Waals surface area (Å²) >= 11 is 7.40. The fourth-order valence-electron chi connectivity index (χ4n) is 2.96. The summed E-state index contributed by atoms with van der Waals surface area (Å²) in [7, 11) is 0. The molecule has 116 valence electrons. The van der Waals surface area contributed by atoms with Crippen LogP contribution in [0, 0.1) is 0 Å². The van der Waals surface area contributed by atoms with Gasteiger partial charge in [-0.3, -0.25) is 0 Å². The van der Waals surface area contributed by atoms with Gasteiger partial charge in [-0.05, 0) is 0 Å². The van der Waals surface area contributed by atoms with Crippen molar-refractivity contribution >= 4 is 64.5 Å². The first-order chi connectivity index (χ1) is 9.59. The van der Waals surface area contributed by atoms with E-state index in [9.17, 15) is 0 Å². The molecular formula is C16H28Br2SSn. The molecule has 0 saturated heterocycles. The van der Waals surface area contributed by atoms with Gasteiger partial charge in [0, 0.05) is 0 Å². The third-order valence-electron chi connectivity index (χ3n) is 4.17. The monoisotopic (exact) mass is 530 g/mol. The molecule has 4 heteroatoms. The number of halogens is 2. The Kier molecular flexibility index (Phi) is 10.0. The summed E-state index contributed by atoms with van der Waals surface area (Å²) in [4.78, 5) is 0. The van der Waals surface area contributed by atoms with Gasteiger partial charge in [-0.2, -0.15) is 0 Å². The van der Waals surface area contributed by atoms with Crippen LogP contribution in [-0.2, 0) is 0 Å². The summed E-state index contributed by atoms with van der Waals surface area (Å²) in [6.45, 7) is 7.03. The summed E-state index contributed by atoms with van der Waals surface area (Å²) < 4.78 is 9.17. The van der Waals surface area contributed by atoms with Crippen LogP contribution in [0.3, 0.4) is 0 Å². The Morgan fingerprint density at radius 3 is 1.65 bits per heavy atom. The first-order valence-electron chi connectivity index (χ1n) is 8.05. The van der Waals surface area contributed by atoms with E-state index in [2.05, 4.69) is 58.7 Å². The van der Waals surface area contributed by atoms with E-state index in [1.807, 2.05) is 11.3 Å². The van der Waals surface area contributed by atoms with Crippen LogP contribution in [0.5, 0.6) is 0 Å². The minimum absolute atomic E-state index is 1.31. The molecule has 0 aliphatic carbocycles. The summed E-state index contributed by atoms with van der Waals surface area (Å²) in [5.41, 5.74) is 0. The van der Waals surface area contributed by atoms with E-state index in [0.717, 1.165) is 0 Å². The predicted octanol–water partition coefficient (Wildman–Crippen LogP) is 7.33. The third-order valence-corrected chi connectivity index (χ3v) is 26.1. The molecule has 1 aromatic rings. The van der Waals surface area contributed by atoms with Crippen molar-refractivity contribution < 1.29 is 0 Å². The van der Waals surface area contributed by atoms with Crippen LogP contribution in [-0.4, -0.2) is 18.4 Å². The number of rotatable bonds is 10. The Hall–Kier alpha value is 1.46. The van der Waals surface area contributed by atoms with Crippen LogP contribution in [0.1, 0.15) is 59.3 Å². The number of thiophene rings is 1. The van der Waals surface area contributed by atoms with Crippen LogP contribution in [0.4, 0.5) is 0 Å². The quantitative estimate of drug-likeness (QED) is 0.278. The Morgan fingerprint density at radius 2 is 1.35 bits per heavy atom. The first kappa shape index (κ1) is 19.5. The zero-order valence-corrected chi connectivity index (χ0v) is 19.9. The molecular weight excluding hydrogens is 503 g/mol. The molecule has 0 aliphatic rings. The summed E-state index contributed by atoms with van der Waals surface area (Å²) in [5, 5.41) is 0. The van der Waals surface area contributed by atoms with Crippen LogP contribution in [0.2, 0.25) is 13.3 Å². The molecule has 20 heavy (non-hydrogen) atoms. The van der Waals surface area contributed by atoms with Crippen molar-refractivity contribution in [2.45, 2.75) is 72.6 Å². The number of hydrogen-bond donors (Lipinski definition) is 0. The van der Waals surface area contributed by atoms with Gasteiger partial charge in [0.05, 0.1) is 0 Å². The van der Waals surface area contributed by atoms with Crippen LogP contribution >= 0.6 is 43.2 Å². The fraction of sp³-hybridized carbons (Fsp3) is 0.750. The molecule has 0 bridgehead atoms. The molecule has 0 aromatic carbocycles. The molecule has 0 saturated carbocycles. The Bertz CT molecular complexity index is 368. The van der Waals surface area contributed by atoms with Crippen molar-refractivity contribution in [1.82, 2.24) is 0 Å². The number of hydrogen-bond acceptors (Lipinski definition) is 1. The van der Waals surface area contributed by atoms with Gasteiger partial charge < -0.3 is 0 Å². The molecule has 0 unspecified atom stereocenters. The predicted molar refractivity (Wildman–Crippen MR) is 104 cm³/mol. The molecule has 0 N–H and O–H groups in total.